The summed E-state index contributed by atoms with van der Waals surface area (Å²) in [5.74, 6) is 1.42. The lowest BCUT2D eigenvalue weighted by atomic mass is 10.1. The molecule has 3 aromatic rings. The molecular weight excluding hydrogens is 487 g/mol. The van der Waals surface area contributed by atoms with Crippen LogP contribution in [0, 0.1) is 0 Å². The van der Waals surface area contributed by atoms with Crippen LogP contribution in [0.4, 0.5) is 0 Å². The molecule has 1 amide bonds. The van der Waals surface area contributed by atoms with Gasteiger partial charge in [-0.05, 0) is 54.8 Å². The number of allylic oxidation sites excluding steroid dienone is 1. The lowest BCUT2D eigenvalue weighted by molar-refractivity contribution is 0.0727. The predicted molar refractivity (Wildman–Crippen MR) is 131 cm³/mol. The summed E-state index contributed by atoms with van der Waals surface area (Å²) in [7, 11) is 0. The molecule has 0 saturated carbocycles. The van der Waals surface area contributed by atoms with E-state index >= 15 is 0 Å². The van der Waals surface area contributed by atoms with Crippen LogP contribution in [-0.4, -0.2) is 32.1 Å². The number of likely N-dealkylation sites (tertiary alicyclic amines) is 1. The molecule has 0 spiro atoms. The van der Waals surface area contributed by atoms with Crippen molar-refractivity contribution < 1.29 is 4.79 Å². The largest absolute Gasteiger partial charge is 0.328 e. The van der Waals surface area contributed by atoms with E-state index in [1.54, 1.807) is 42.1 Å². The van der Waals surface area contributed by atoms with Gasteiger partial charge in [0.2, 0.25) is 0 Å². The van der Waals surface area contributed by atoms with E-state index in [-0.39, 0.29) is 11.9 Å². The van der Waals surface area contributed by atoms with Gasteiger partial charge in [-0.3, -0.25) is 4.79 Å². The number of hydrogen-bond acceptors (Lipinski definition) is 4. The summed E-state index contributed by atoms with van der Waals surface area (Å²) >= 11 is 19.7. The first-order chi connectivity index (χ1) is 15.5. The average molecular weight is 508 g/mol. The number of halogens is 3. The second kappa shape index (κ2) is 10.3. The van der Waals surface area contributed by atoms with Crippen LogP contribution in [0.3, 0.4) is 0 Å². The number of carbonyl (C=O) groups excluding carboxylic acids is 1. The van der Waals surface area contributed by atoms with Gasteiger partial charge < -0.3 is 9.47 Å². The molecule has 5 nitrogen and oxygen atoms in total. The van der Waals surface area contributed by atoms with Crippen LogP contribution in [-0.2, 0) is 12.3 Å². The van der Waals surface area contributed by atoms with Crippen molar-refractivity contribution in [3.05, 3.63) is 87.1 Å². The van der Waals surface area contributed by atoms with Gasteiger partial charge >= 0.3 is 0 Å². The van der Waals surface area contributed by atoms with Gasteiger partial charge in [-0.1, -0.05) is 58.7 Å². The maximum Gasteiger partial charge on any atom is 0.254 e. The summed E-state index contributed by atoms with van der Waals surface area (Å²) in [6.07, 6.45) is 3.57. The second-order valence-corrected chi connectivity index (χ2v) is 9.63. The van der Waals surface area contributed by atoms with Crippen molar-refractivity contribution in [2.24, 2.45) is 0 Å². The predicted octanol–water partition coefficient (Wildman–Crippen LogP) is 6.69. The number of hydrogen-bond donors (Lipinski definition) is 0. The Balaban J connectivity index is 1.56. The Morgan fingerprint density at radius 3 is 2.62 bits per heavy atom. The van der Waals surface area contributed by atoms with E-state index in [1.807, 2.05) is 27.7 Å². The SMILES string of the molecule is C=CCn1c(SCc2ccc(Cl)c(Cl)c2)nnc1C1CCCN1C(=O)c1ccc(Cl)cc1. The second-order valence-electron chi connectivity index (χ2n) is 7.44. The van der Waals surface area contributed by atoms with E-state index in [0.29, 0.717) is 39.5 Å². The molecule has 32 heavy (non-hydrogen) atoms. The van der Waals surface area contributed by atoms with Gasteiger partial charge in [0.25, 0.3) is 5.91 Å². The summed E-state index contributed by atoms with van der Waals surface area (Å²) in [4.78, 5) is 15.0. The summed E-state index contributed by atoms with van der Waals surface area (Å²) < 4.78 is 2.04. The molecule has 1 aliphatic rings. The molecule has 0 N–H and O–H groups in total. The first kappa shape index (κ1) is 23.2. The number of thioether (sulfide) groups is 1. The fourth-order valence-electron chi connectivity index (χ4n) is 3.77. The number of aromatic nitrogens is 3. The average Bonchev–Trinajstić information content (AvgIpc) is 3.42. The zero-order chi connectivity index (χ0) is 22.7. The highest BCUT2D eigenvalue weighted by molar-refractivity contribution is 7.98. The zero-order valence-corrected chi connectivity index (χ0v) is 20.3. The Bertz CT molecular complexity index is 1130. The van der Waals surface area contributed by atoms with Crippen molar-refractivity contribution in [3.63, 3.8) is 0 Å². The lowest BCUT2D eigenvalue weighted by Crippen LogP contribution is -2.32. The van der Waals surface area contributed by atoms with Gasteiger partial charge in [-0.2, -0.15) is 0 Å². The summed E-state index contributed by atoms with van der Waals surface area (Å²) in [6.45, 7) is 5.12. The Morgan fingerprint density at radius 2 is 1.91 bits per heavy atom. The van der Waals surface area contributed by atoms with Crippen molar-refractivity contribution in [3.8, 4) is 0 Å². The number of nitrogens with zero attached hydrogens (tertiary/aromatic N) is 4. The molecule has 0 aliphatic carbocycles. The van der Waals surface area contributed by atoms with E-state index in [2.05, 4.69) is 16.8 Å². The summed E-state index contributed by atoms with van der Waals surface area (Å²) in [5.41, 5.74) is 1.66. The highest BCUT2D eigenvalue weighted by Gasteiger charge is 2.34. The third kappa shape index (κ3) is 4.99. The maximum atomic E-state index is 13.2. The highest BCUT2D eigenvalue weighted by atomic mass is 35.5. The first-order valence-corrected chi connectivity index (χ1v) is 12.3. The van der Waals surface area contributed by atoms with Gasteiger partial charge in [-0.25, -0.2) is 0 Å². The molecule has 1 unspecified atom stereocenters. The molecule has 1 aliphatic heterocycles. The minimum atomic E-state index is -0.134. The number of amides is 1. The van der Waals surface area contributed by atoms with E-state index in [0.717, 1.165) is 29.4 Å². The lowest BCUT2D eigenvalue weighted by Gasteiger charge is -2.24. The molecule has 9 heteroatoms. The molecule has 1 fully saturated rings. The number of rotatable bonds is 7. The van der Waals surface area contributed by atoms with Crippen molar-refractivity contribution in [2.75, 3.05) is 6.54 Å². The molecule has 4 rings (SSSR count). The smallest absolute Gasteiger partial charge is 0.254 e. The van der Waals surface area contributed by atoms with Crippen LogP contribution in [0.15, 0.2) is 60.3 Å². The maximum absolute atomic E-state index is 13.2. The Labute approximate surface area is 206 Å². The van der Waals surface area contributed by atoms with Gasteiger partial charge in [0.15, 0.2) is 11.0 Å². The molecule has 1 saturated heterocycles. The third-order valence-corrected chi connectivity index (χ3v) is 7.34. The molecule has 166 valence electrons. The minimum Gasteiger partial charge on any atom is -0.328 e. The summed E-state index contributed by atoms with van der Waals surface area (Å²) in [5, 5.41) is 11.3. The molecule has 1 aromatic heterocycles. The van der Waals surface area contributed by atoms with Crippen molar-refractivity contribution in [1.29, 1.82) is 0 Å². The van der Waals surface area contributed by atoms with Crippen LogP contribution in [0.2, 0.25) is 15.1 Å². The van der Waals surface area contributed by atoms with Crippen molar-refractivity contribution in [1.82, 2.24) is 19.7 Å². The van der Waals surface area contributed by atoms with Gasteiger partial charge in [0.1, 0.15) is 0 Å². The molecule has 0 bridgehead atoms. The quantitative estimate of drug-likeness (QED) is 0.264. The highest BCUT2D eigenvalue weighted by Crippen LogP contribution is 2.35. The van der Waals surface area contributed by atoms with Crippen LogP contribution >= 0.6 is 46.6 Å². The van der Waals surface area contributed by atoms with E-state index in [4.69, 9.17) is 34.8 Å². The van der Waals surface area contributed by atoms with Crippen LogP contribution in [0.1, 0.15) is 40.6 Å². The molecule has 2 aromatic carbocycles. The van der Waals surface area contributed by atoms with Crippen LogP contribution in [0.5, 0.6) is 0 Å². The Morgan fingerprint density at radius 1 is 1.12 bits per heavy atom. The molecule has 2 heterocycles. The van der Waals surface area contributed by atoms with Gasteiger partial charge in [-0.15, -0.1) is 16.8 Å². The Hall–Kier alpha value is -1.99. The topological polar surface area (TPSA) is 51.0 Å². The van der Waals surface area contributed by atoms with Crippen LogP contribution in [0.25, 0.3) is 0 Å². The Kier molecular flexibility index (Phi) is 7.46. The van der Waals surface area contributed by atoms with E-state index in [1.165, 1.54) is 0 Å². The standard InChI is InChI=1S/C23H21Cl3N4OS/c1-2-11-30-21(27-28-23(30)32-14-15-5-10-18(25)19(26)13-15)20-4-3-12-29(20)22(31)16-6-8-17(24)9-7-16/h2,5-10,13,20H,1,3-4,11-12,14H2. The van der Waals surface area contributed by atoms with Crippen molar-refractivity contribution >= 4 is 52.5 Å². The fraction of sp³-hybridized carbons (Fsp3) is 0.261. The first-order valence-electron chi connectivity index (χ1n) is 10.1. The molecular formula is C23H21Cl3N4OS. The summed E-state index contributed by atoms with van der Waals surface area (Å²) in [6, 6.07) is 12.4. The molecule has 1 atom stereocenters. The third-order valence-electron chi connectivity index (χ3n) is 5.31. The molecule has 0 radical (unpaired) electrons. The van der Waals surface area contributed by atoms with E-state index in [9.17, 15) is 4.79 Å². The number of carbonyl (C=O) groups is 1. The van der Waals surface area contributed by atoms with Crippen molar-refractivity contribution in [2.45, 2.75) is 36.3 Å². The van der Waals surface area contributed by atoms with Gasteiger partial charge in [0.05, 0.1) is 16.1 Å². The van der Waals surface area contributed by atoms with E-state index < -0.39 is 0 Å². The number of benzene rings is 2. The normalized spacial score (nSPS) is 15.8. The van der Waals surface area contributed by atoms with Gasteiger partial charge in [0, 0.05) is 29.4 Å². The zero-order valence-electron chi connectivity index (χ0n) is 17.2. The monoisotopic (exact) mass is 506 g/mol. The fourth-order valence-corrected chi connectivity index (χ4v) is 5.11. The van der Waals surface area contributed by atoms with Crippen LogP contribution < -0.4 is 0 Å². The minimum absolute atomic E-state index is 0.0256.